The van der Waals surface area contributed by atoms with Crippen LogP contribution in [0.15, 0.2) is 122 Å². The Hall–Kier alpha value is -4.44. The summed E-state index contributed by atoms with van der Waals surface area (Å²) in [5.41, 5.74) is 4.70. The second-order valence-corrected chi connectivity index (χ2v) is 13.6. The number of hydrogen-bond donors (Lipinski definition) is 0. The van der Waals surface area contributed by atoms with Crippen LogP contribution < -0.4 is 18.9 Å². The van der Waals surface area contributed by atoms with E-state index in [1.165, 1.54) is 22.3 Å². The van der Waals surface area contributed by atoms with Crippen molar-refractivity contribution in [2.75, 3.05) is 13.2 Å². The van der Waals surface area contributed by atoms with Crippen molar-refractivity contribution in [3.05, 3.63) is 145 Å². The summed E-state index contributed by atoms with van der Waals surface area (Å²) >= 11 is 0. The Morgan fingerprint density at radius 1 is 0.451 bits per heavy atom. The van der Waals surface area contributed by atoms with E-state index in [1.54, 1.807) is 0 Å². The van der Waals surface area contributed by atoms with Crippen LogP contribution >= 0.6 is 0 Å². The summed E-state index contributed by atoms with van der Waals surface area (Å²) in [6.07, 6.45) is 14.1. The number of ether oxygens (including phenoxy) is 4. The average Bonchev–Trinajstić information content (AvgIpc) is 3.17. The predicted octanol–water partition coefficient (Wildman–Crippen LogP) is 12.5. The van der Waals surface area contributed by atoms with Gasteiger partial charge >= 0.3 is 0 Å². The third-order valence-electron chi connectivity index (χ3n) is 10.2. The molecule has 0 aliphatic carbocycles. The zero-order valence-corrected chi connectivity index (χ0v) is 31.6. The number of benzene rings is 4. The molecule has 0 radical (unpaired) electrons. The fraction of sp³-hybridized carbons (Fsp3) is 0.404. The molecule has 4 aromatic carbocycles. The van der Waals surface area contributed by atoms with E-state index >= 15 is 0 Å². The van der Waals surface area contributed by atoms with Crippen molar-refractivity contribution in [3.8, 4) is 23.0 Å². The van der Waals surface area contributed by atoms with Gasteiger partial charge in [0, 0.05) is 0 Å². The van der Waals surface area contributed by atoms with Gasteiger partial charge in [0.25, 0.3) is 0 Å². The molecule has 0 unspecified atom stereocenters. The van der Waals surface area contributed by atoms with Gasteiger partial charge in [-0.25, -0.2) is 0 Å². The van der Waals surface area contributed by atoms with Crippen LogP contribution in [0.4, 0.5) is 0 Å². The Morgan fingerprint density at radius 3 is 1.18 bits per heavy atom. The van der Waals surface area contributed by atoms with Crippen molar-refractivity contribution >= 4 is 0 Å². The van der Waals surface area contributed by atoms with Crippen LogP contribution in [0.5, 0.6) is 23.0 Å². The van der Waals surface area contributed by atoms with Gasteiger partial charge in [-0.1, -0.05) is 88.4 Å². The van der Waals surface area contributed by atoms with E-state index in [0.717, 1.165) is 93.6 Å². The highest BCUT2D eigenvalue weighted by Gasteiger charge is 2.29. The topological polar surface area (TPSA) is 36.9 Å². The molecule has 0 N–H and O–H groups in total. The first-order chi connectivity index (χ1) is 24.9. The molecule has 51 heavy (non-hydrogen) atoms. The van der Waals surface area contributed by atoms with Gasteiger partial charge in [0.15, 0.2) is 0 Å². The van der Waals surface area contributed by atoms with Gasteiger partial charge in [-0.2, -0.15) is 0 Å². The Bertz CT molecular complexity index is 1560. The van der Waals surface area contributed by atoms with Crippen LogP contribution in [0, 0.1) is 0 Å². The third kappa shape index (κ3) is 12.4. The van der Waals surface area contributed by atoms with Crippen LogP contribution in [0.25, 0.3) is 0 Å². The lowest BCUT2D eigenvalue weighted by atomic mass is 9.91. The van der Waals surface area contributed by atoms with Crippen LogP contribution in [0.3, 0.4) is 0 Å². The van der Waals surface area contributed by atoms with E-state index in [-0.39, 0.29) is 11.2 Å². The van der Waals surface area contributed by atoms with Crippen LogP contribution in [0.1, 0.15) is 108 Å². The lowest BCUT2D eigenvalue weighted by Crippen LogP contribution is -2.35. The molecule has 0 heterocycles. The maximum absolute atomic E-state index is 6.66. The first-order valence-corrected chi connectivity index (χ1v) is 19.1. The Labute approximate surface area is 308 Å². The maximum Gasteiger partial charge on any atom is 0.120 e. The van der Waals surface area contributed by atoms with Gasteiger partial charge in [-0.05, 0) is 141 Å². The number of rotatable bonds is 24. The van der Waals surface area contributed by atoms with Gasteiger partial charge in [0.05, 0.1) is 13.2 Å². The summed E-state index contributed by atoms with van der Waals surface area (Å²) < 4.78 is 25.1. The summed E-state index contributed by atoms with van der Waals surface area (Å²) in [7, 11) is 0. The highest BCUT2D eigenvalue weighted by Crippen LogP contribution is 2.31. The Morgan fingerprint density at radius 2 is 0.804 bits per heavy atom. The van der Waals surface area contributed by atoms with Crippen LogP contribution in [0.2, 0.25) is 0 Å². The molecule has 4 aromatic rings. The molecule has 0 fully saturated rings. The van der Waals surface area contributed by atoms with Crippen molar-refractivity contribution in [2.24, 2.45) is 0 Å². The van der Waals surface area contributed by atoms with Crippen LogP contribution in [-0.4, -0.2) is 24.4 Å². The zero-order chi connectivity index (χ0) is 36.4. The summed E-state index contributed by atoms with van der Waals surface area (Å²) in [5.74, 6) is 3.66. The first-order valence-electron chi connectivity index (χ1n) is 19.1. The summed E-state index contributed by atoms with van der Waals surface area (Å²) in [6, 6.07) is 34.0. The van der Waals surface area contributed by atoms with Gasteiger partial charge in [-0.15, -0.1) is 13.2 Å². The normalized spacial score (nSPS) is 11.5. The smallest absolute Gasteiger partial charge is 0.120 e. The maximum atomic E-state index is 6.66. The predicted molar refractivity (Wildman–Crippen MR) is 214 cm³/mol. The molecule has 4 rings (SSSR count). The Kier molecular flexibility index (Phi) is 15.8. The van der Waals surface area contributed by atoms with E-state index < -0.39 is 0 Å². The van der Waals surface area contributed by atoms with Crippen molar-refractivity contribution in [1.29, 1.82) is 0 Å². The summed E-state index contributed by atoms with van der Waals surface area (Å²) in [6.45, 7) is 17.8. The molecular formula is C47H60O4. The molecule has 0 saturated carbocycles. The van der Waals surface area contributed by atoms with Crippen molar-refractivity contribution in [3.63, 3.8) is 0 Å². The average molecular weight is 689 g/mol. The number of allylic oxidation sites excluding steroid dienone is 1. The molecule has 0 atom stereocenters. The van der Waals surface area contributed by atoms with Crippen LogP contribution in [-0.2, 0) is 12.8 Å². The molecule has 4 nitrogen and oxygen atoms in total. The second kappa shape index (κ2) is 20.4. The minimum absolute atomic E-state index is 0.129. The minimum Gasteiger partial charge on any atom is -0.494 e. The lowest BCUT2D eigenvalue weighted by molar-refractivity contribution is 0.0450. The summed E-state index contributed by atoms with van der Waals surface area (Å²) in [4.78, 5) is 0. The highest BCUT2D eigenvalue weighted by atomic mass is 16.5. The standard InChI is InChI=1S/C47H60O4/c1-7-13-32-46(9-3,10-4)50-44-28-20-40(21-29-44)37-39-18-26-43(27-19-39)49-35-15-33-47(11-5,12-6)51-45-30-22-41(23-31-45)36-38-16-24-42(25-17-38)48-34-14-8-2/h7-8,16-31H,1-2,9-15,32-37H2,3-6H3. The van der Waals surface area contributed by atoms with E-state index in [1.807, 2.05) is 24.3 Å². The largest absolute Gasteiger partial charge is 0.494 e. The quantitative estimate of drug-likeness (QED) is 0.0542. The molecule has 4 heteroatoms. The van der Waals surface area contributed by atoms with E-state index in [4.69, 9.17) is 18.9 Å². The molecule has 272 valence electrons. The van der Waals surface area contributed by atoms with E-state index in [9.17, 15) is 0 Å². The van der Waals surface area contributed by atoms with Gasteiger partial charge in [-0.3, -0.25) is 0 Å². The molecule has 0 aromatic heterocycles. The van der Waals surface area contributed by atoms with Crippen molar-refractivity contribution < 1.29 is 18.9 Å². The third-order valence-corrected chi connectivity index (χ3v) is 10.2. The monoisotopic (exact) mass is 688 g/mol. The van der Waals surface area contributed by atoms with Crippen molar-refractivity contribution in [2.45, 2.75) is 110 Å². The first kappa shape index (κ1) is 39.3. The fourth-order valence-corrected chi connectivity index (χ4v) is 6.54. The SMILES string of the molecule is C=CCCOc1ccc(Cc2ccc(OC(CC)(CC)CCCOc3ccc(Cc4ccc(OC(CC)(CC)CCC=C)cc4)cc3)cc2)cc1. The van der Waals surface area contributed by atoms with E-state index in [2.05, 4.69) is 126 Å². The molecule has 0 amide bonds. The summed E-state index contributed by atoms with van der Waals surface area (Å²) in [5, 5.41) is 0. The zero-order valence-electron chi connectivity index (χ0n) is 31.6. The molecule has 0 bridgehead atoms. The van der Waals surface area contributed by atoms with Gasteiger partial charge in [0.2, 0.25) is 0 Å². The highest BCUT2D eigenvalue weighted by molar-refractivity contribution is 5.36. The fourth-order valence-electron chi connectivity index (χ4n) is 6.54. The molecular weight excluding hydrogens is 629 g/mol. The molecule has 0 spiro atoms. The Balaban J connectivity index is 1.22. The van der Waals surface area contributed by atoms with Gasteiger partial charge in [0.1, 0.15) is 34.2 Å². The number of hydrogen-bond acceptors (Lipinski definition) is 4. The van der Waals surface area contributed by atoms with Crippen molar-refractivity contribution in [1.82, 2.24) is 0 Å². The van der Waals surface area contributed by atoms with Gasteiger partial charge < -0.3 is 18.9 Å². The second-order valence-electron chi connectivity index (χ2n) is 13.6. The van der Waals surface area contributed by atoms with E-state index in [0.29, 0.717) is 13.2 Å². The molecule has 0 aliphatic heterocycles. The minimum atomic E-state index is -0.211. The molecule has 0 aliphatic rings. The molecule has 0 saturated heterocycles. The lowest BCUT2D eigenvalue weighted by Gasteiger charge is -2.33.